The van der Waals surface area contributed by atoms with Gasteiger partial charge in [0, 0.05) is 6.42 Å². The summed E-state index contributed by atoms with van der Waals surface area (Å²) in [5, 5.41) is 7.35. The Balaban J connectivity index is 1.55. The third-order valence-electron chi connectivity index (χ3n) is 7.72. The SMILES string of the molecule is CCCCc1ccc(C=CC2=NN(c3ccc(C(C)CC)cc3)C(c3ccc(CCCC)cc3)C2)cc1. The van der Waals surface area contributed by atoms with Gasteiger partial charge in [0.25, 0.3) is 0 Å². The largest absolute Gasteiger partial charge is 0.257 e. The van der Waals surface area contributed by atoms with Crippen molar-refractivity contribution in [2.24, 2.45) is 5.10 Å². The predicted molar refractivity (Wildman–Crippen MR) is 162 cm³/mol. The van der Waals surface area contributed by atoms with Crippen LogP contribution in [0.15, 0.2) is 84.0 Å². The van der Waals surface area contributed by atoms with Crippen molar-refractivity contribution in [2.75, 3.05) is 5.01 Å². The van der Waals surface area contributed by atoms with E-state index < -0.39 is 0 Å². The first-order chi connectivity index (χ1) is 18.1. The molecule has 1 aliphatic heterocycles. The Morgan fingerprint density at radius 1 is 0.784 bits per heavy atom. The molecule has 0 N–H and O–H groups in total. The lowest BCUT2D eigenvalue weighted by atomic mass is 9.97. The van der Waals surface area contributed by atoms with E-state index in [1.807, 2.05) is 0 Å². The van der Waals surface area contributed by atoms with E-state index in [0.29, 0.717) is 5.92 Å². The molecular formula is C35H44N2. The van der Waals surface area contributed by atoms with Gasteiger partial charge >= 0.3 is 0 Å². The van der Waals surface area contributed by atoms with Crippen LogP contribution < -0.4 is 5.01 Å². The first-order valence-corrected chi connectivity index (χ1v) is 14.4. The third kappa shape index (κ3) is 7.22. The minimum atomic E-state index is 0.214. The topological polar surface area (TPSA) is 15.6 Å². The second-order valence-corrected chi connectivity index (χ2v) is 10.6. The summed E-state index contributed by atoms with van der Waals surface area (Å²) in [6.45, 7) is 9.05. The van der Waals surface area contributed by atoms with Crippen LogP contribution >= 0.6 is 0 Å². The molecule has 1 heterocycles. The summed E-state index contributed by atoms with van der Waals surface area (Å²) in [4.78, 5) is 0. The number of hydrazone groups is 1. The van der Waals surface area contributed by atoms with Crippen molar-refractivity contribution in [1.82, 2.24) is 0 Å². The average molecular weight is 493 g/mol. The van der Waals surface area contributed by atoms with Crippen LogP contribution in [0.1, 0.15) is 106 Å². The van der Waals surface area contributed by atoms with E-state index in [1.165, 1.54) is 53.5 Å². The molecule has 1 aliphatic rings. The van der Waals surface area contributed by atoms with Crippen LogP contribution in [0.3, 0.4) is 0 Å². The maximum atomic E-state index is 5.12. The van der Waals surface area contributed by atoms with Gasteiger partial charge in [0.05, 0.1) is 17.4 Å². The van der Waals surface area contributed by atoms with E-state index >= 15 is 0 Å². The lowest BCUT2D eigenvalue weighted by Crippen LogP contribution is -2.18. The number of aryl methyl sites for hydroxylation is 2. The third-order valence-corrected chi connectivity index (χ3v) is 7.72. The van der Waals surface area contributed by atoms with Gasteiger partial charge < -0.3 is 0 Å². The molecule has 2 atom stereocenters. The van der Waals surface area contributed by atoms with Gasteiger partial charge in [0.1, 0.15) is 0 Å². The van der Waals surface area contributed by atoms with Gasteiger partial charge in [-0.25, -0.2) is 0 Å². The zero-order chi connectivity index (χ0) is 26.0. The molecule has 0 fully saturated rings. The predicted octanol–water partition coefficient (Wildman–Crippen LogP) is 9.91. The maximum absolute atomic E-state index is 5.12. The number of nitrogens with zero attached hydrogens (tertiary/aromatic N) is 2. The van der Waals surface area contributed by atoms with E-state index in [2.05, 4.69) is 118 Å². The van der Waals surface area contributed by atoms with Gasteiger partial charge in [-0.1, -0.05) is 107 Å². The summed E-state index contributed by atoms with van der Waals surface area (Å²) in [6.07, 6.45) is 13.8. The molecule has 0 radical (unpaired) electrons. The van der Waals surface area contributed by atoms with Crippen molar-refractivity contribution in [1.29, 1.82) is 0 Å². The quantitative estimate of drug-likeness (QED) is 0.245. The molecule has 194 valence electrons. The van der Waals surface area contributed by atoms with Crippen LogP contribution in [-0.4, -0.2) is 5.71 Å². The van der Waals surface area contributed by atoms with Crippen LogP contribution in [0.5, 0.6) is 0 Å². The lowest BCUT2D eigenvalue weighted by molar-refractivity contribution is 0.705. The smallest absolute Gasteiger partial charge is 0.0831 e. The second kappa shape index (κ2) is 13.4. The summed E-state index contributed by atoms with van der Waals surface area (Å²) in [7, 11) is 0. The lowest BCUT2D eigenvalue weighted by Gasteiger charge is -2.25. The summed E-state index contributed by atoms with van der Waals surface area (Å²) in [5.74, 6) is 0.578. The molecule has 0 bridgehead atoms. The Labute approximate surface area is 225 Å². The summed E-state index contributed by atoms with van der Waals surface area (Å²) in [5.41, 5.74) is 9.10. The van der Waals surface area contributed by atoms with E-state index in [4.69, 9.17) is 5.10 Å². The molecule has 0 saturated heterocycles. The molecular weight excluding hydrogens is 448 g/mol. The molecule has 37 heavy (non-hydrogen) atoms. The highest BCUT2D eigenvalue weighted by molar-refractivity contribution is 6.01. The van der Waals surface area contributed by atoms with Gasteiger partial charge in [0.2, 0.25) is 0 Å². The van der Waals surface area contributed by atoms with Gasteiger partial charge in [-0.15, -0.1) is 0 Å². The van der Waals surface area contributed by atoms with Crippen molar-refractivity contribution >= 4 is 17.5 Å². The zero-order valence-corrected chi connectivity index (χ0v) is 23.3. The van der Waals surface area contributed by atoms with Crippen molar-refractivity contribution in [3.63, 3.8) is 0 Å². The van der Waals surface area contributed by atoms with E-state index in [1.54, 1.807) is 0 Å². The molecule has 0 aliphatic carbocycles. The molecule has 0 amide bonds. The van der Waals surface area contributed by atoms with Crippen LogP contribution in [0.4, 0.5) is 5.69 Å². The minimum Gasteiger partial charge on any atom is -0.257 e. The molecule has 0 saturated carbocycles. The normalized spacial score (nSPS) is 16.4. The number of hydrogen-bond donors (Lipinski definition) is 0. The Morgan fingerprint density at radius 3 is 1.95 bits per heavy atom. The molecule has 0 spiro atoms. The van der Waals surface area contributed by atoms with Crippen molar-refractivity contribution in [2.45, 2.75) is 91.0 Å². The Hall–Kier alpha value is -3.13. The van der Waals surface area contributed by atoms with Gasteiger partial charge in [0.15, 0.2) is 0 Å². The number of unbranched alkanes of at least 4 members (excludes halogenated alkanes) is 2. The van der Waals surface area contributed by atoms with Crippen LogP contribution in [0.2, 0.25) is 0 Å². The van der Waals surface area contributed by atoms with Crippen LogP contribution in [-0.2, 0) is 12.8 Å². The Morgan fingerprint density at radius 2 is 1.38 bits per heavy atom. The monoisotopic (exact) mass is 492 g/mol. The Kier molecular flexibility index (Phi) is 9.77. The first kappa shape index (κ1) is 26.9. The van der Waals surface area contributed by atoms with E-state index in [0.717, 1.165) is 37.1 Å². The molecule has 0 aromatic heterocycles. The minimum absolute atomic E-state index is 0.214. The van der Waals surface area contributed by atoms with Crippen LogP contribution in [0.25, 0.3) is 6.08 Å². The fraction of sp³-hybridized carbons (Fsp3) is 0.400. The molecule has 2 nitrogen and oxygen atoms in total. The Bertz CT molecular complexity index is 1150. The molecule has 2 unspecified atom stereocenters. The van der Waals surface area contributed by atoms with Crippen LogP contribution in [0, 0.1) is 0 Å². The summed E-state index contributed by atoms with van der Waals surface area (Å²) < 4.78 is 0. The number of anilines is 1. The number of rotatable bonds is 12. The van der Waals surface area contributed by atoms with Crippen molar-refractivity contribution in [3.05, 3.63) is 107 Å². The second-order valence-electron chi connectivity index (χ2n) is 10.6. The molecule has 4 rings (SSSR count). The summed E-state index contributed by atoms with van der Waals surface area (Å²) >= 11 is 0. The molecule has 3 aromatic carbocycles. The average Bonchev–Trinajstić information content (AvgIpc) is 3.38. The summed E-state index contributed by atoms with van der Waals surface area (Å²) in [6, 6.07) is 27.5. The number of allylic oxidation sites excluding steroid dienone is 1. The van der Waals surface area contributed by atoms with Gasteiger partial charge in [-0.3, -0.25) is 5.01 Å². The van der Waals surface area contributed by atoms with Crippen molar-refractivity contribution in [3.8, 4) is 0 Å². The highest BCUT2D eigenvalue weighted by Crippen LogP contribution is 2.36. The van der Waals surface area contributed by atoms with Crippen molar-refractivity contribution < 1.29 is 0 Å². The number of benzene rings is 3. The number of hydrogen-bond acceptors (Lipinski definition) is 2. The fourth-order valence-corrected chi connectivity index (χ4v) is 4.98. The molecule has 2 heteroatoms. The fourth-order valence-electron chi connectivity index (χ4n) is 4.98. The first-order valence-electron chi connectivity index (χ1n) is 14.4. The maximum Gasteiger partial charge on any atom is 0.0831 e. The highest BCUT2D eigenvalue weighted by Gasteiger charge is 2.28. The zero-order valence-electron chi connectivity index (χ0n) is 23.3. The molecule has 3 aromatic rings. The van der Waals surface area contributed by atoms with Gasteiger partial charge in [-0.05, 0) is 84.0 Å². The van der Waals surface area contributed by atoms with E-state index in [-0.39, 0.29) is 6.04 Å². The van der Waals surface area contributed by atoms with Gasteiger partial charge in [-0.2, -0.15) is 5.10 Å². The van der Waals surface area contributed by atoms with E-state index in [9.17, 15) is 0 Å². The highest BCUT2D eigenvalue weighted by atomic mass is 15.5. The standard InChI is InChI=1S/C35H44N2/c1-5-8-10-28-12-14-30(15-13-28)18-23-33-26-35(32-19-16-29(17-20-32)11-9-6-2)37(36-33)34-24-21-31(22-25-34)27(4)7-3/h12-25,27,35H,5-11,26H2,1-4H3.